The third-order valence-corrected chi connectivity index (χ3v) is 3.34. The molecule has 4 N–H and O–H groups in total. The van der Waals surface area contributed by atoms with Crippen molar-refractivity contribution in [1.82, 2.24) is 19.9 Å². The number of amides is 1. The van der Waals surface area contributed by atoms with Crippen molar-refractivity contribution in [2.75, 3.05) is 23.8 Å². The molecule has 1 atom stereocenters. The number of hydrogen-bond donors (Lipinski definition) is 3. The van der Waals surface area contributed by atoms with E-state index in [1.165, 1.54) is 0 Å². The zero-order chi connectivity index (χ0) is 13.4. The van der Waals surface area contributed by atoms with E-state index < -0.39 is 0 Å². The molecule has 1 unspecified atom stereocenters. The lowest BCUT2D eigenvalue weighted by atomic mass is 10.2. The molecule has 2 aromatic heterocycles. The van der Waals surface area contributed by atoms with Crippen LogP contribution in [0.5, 0.6) is 0 Å². The van der Waals surface area contributed by atoms with Crippen LogP contribution in [-0.2, 0) is 4.79 Å². The number of carbonyl (C=O) groups is 1. The van der Waals surface area contributed by atoms with Gasteiger partial charge in [0.2, 0.25) is 11.9 Å². The highest BCUT2D eigenvalue weighted by Gasteiger charge is 2.32. The smallest absolute Gasteiger partial charge is 0.240 e. The van der Waals surface area contributed by atoms with Crippen molar-refractivity contribution in [3.63, 3.8) is 0 Å². The summed E-state index contributed by atoms with van der Waals surface area (Å²) in [4.78, 5) is 29.3. The zero-order valence-electron chi connectivity index (χ0n) is 10.6. The second-order valence-corrected chi connectivity index (χ2v) is 4.48. The van der Waals surface area contributed by atoms with Crippen LogP contribution < -0.4 is 16.0 Å². The van der Waals surface area contributed by atoms with E-state index in [4.69, 9.17) is 5.73 Å². The van der Waals surface area contributed by atoms with Crippen molar-refractivity contribution in [3.8, 4) is 0 Å². The van der Waals surface area contributed by atoms with Gasteiger partial charge in [-0.3, -0.25) is 4.79 Å². The van der Waals surface area contributed by atoms with E-state index in [1.807, 2.05) is 4.90 Å². The van der Waals surface area contributed by atoms with Crippen LogP contribution in [0.25, 0.3) is 11.2 Å². The largest absolute Gasteiger partial charge is 0.368 e. The number of carbonyl (C=O) groups excluding carboxylic acids is 1. The molecule has 2 aromatic rings. The van der Waals surface area contributed by atoms with Crippen LogP contribution in [0, 0.1) is 0 Å². The SMILES string of the molecule is CNc1nc(N2CCCC2C(N)=O)c2[nH]cnc2n1. The molecule has 1 amide bonds. The van der Waals surface area contributed by atoms with Gasteiger partial charge in [-0.15, -0.1) is 0 Å². The van der Waals surface area contributed by atoms with Crippen LogP contribution in [0.1, 0.15) is 12.8 Å². The van der Waals surface area contributed by atoms with Crippen LogP contribution in [-0.4, -0.2) is 45.5 Å². The van der Waals surface area contributed by atoms with E-state index >= 15 is 0 Å². The number of hydrogen-bond acceptors (Lipinski definition) is 6. The normalized spacial score (nSPS) is 19.0. The van der Waals surface area contributed by atoms with Gasteiger partial charge in [-0.2, -0.15) is 9.97 Å². The number of fused-ring (bicyclic) bond motifs is 1. The summed E-state index contributed by atoms with van der Waals surface area (Å²) < 4.78 is 0. The second-order valence-electron chi connectivity index (χ2n) is 4.48. The van der Waals surface area contributed by atoms with Crippen LogP contribution in [0.4, 0.5) is 11.8 Å². The first-order valence-electron chi connectivity index (χ1n) is 6.15. The predicted molar refractivity (Wildman–Crippen MR) is 70.8 cm³/mol. The Labute approximate surface area is 109 Å². The van der Waals surface area contributed by atoms with Gasteiger partial charge in [0, 0.05) is 13.6 Å². The van der Waals surface area contributed by atoms with E-state index in [0.717, 1.165) is 24.9 Å². The molecule has 0 radical (unpaired) electrons. The van der Waals surface area contributed by atoms with Crippen molar-refractivity contribution in [3.05, 3.63) is 6.33 Å². The van der Waals surface area contributed by atoms with Gasteiger partial charge in [-0.05, 0) is 12.8 Å². The van der Waals surface area contributed by atoms with Crippen LogP contribution in [0.15, 0.2) is 6.33 Å². The molecule has 8 nitrogen and oxygen atoms in total. The average molecular weight is 261 g/mol. The first-order chi connectivity index (χ1) is 9.20. The highest BCUT2D eigenvalue weighted by molar-refractivity contribution is 5.90. The van der Waals surface area contributed by atoms with Crippen molar-refractivity contribution in [2.45, 2.75) is 18.9 Å². The molecular weight excluding hydrogens is 246 g/mol. The number of nitrogens with two attached hydrogens (primary N) is 1. The van der Waals surface area contributed by atoms with Gasteiger partial charge in [0.1, 0.15) is 11.6 Å². The first kappa shape index (κ1) is 11.7. The highest BCUT2D eigenvalue weighted by atomic mass is 16.1. The van der Waals surface area contributed by atoms with E-state index in [2.05, 4.69) is 25.3 Å². The fourth-order valence-corrected chi connectivity index (χ4v) is 2.45. The predicted octanol–water partition coefficient (Wildman–Crippen LogP) is -0.151. The molecule has 8 heteroatoms. The number of primary amides is 1. The molecule has 1 fully saturated rings. The molecule has 1 aliphatic rings. The number of anilines is 2. The Hall–Kier alpha value is -2.38. The molecule has 0 saturated carbocycles. The molecule has 3 rings (SSSR count). The van der Waals surface area contributed by atoms with Crippen molar-refractivity contribution < 1.29 is 4.79 Å². The Morgan fingerprint density at radius 1 is 1.58 bits per heavy atom. The maximum Gasteiger partial charge on any atom is 0.240 e. The van der Waals surface area contributed by atoms with E-state index in [-0.39, 0.29) is 11.9 Å². The van der Waals surface area contributed by atoms with E-state index in [0.29, 0.717) is 17.4 Å². The number of nitrogens with one attached hydrogen (secondary N) is 2. The fraction of sp³-hybridized carbons (Fsp3) is 0.455. The second kappa shape index (κ2) is 4.38. The minimum absolute atomic E-state index is 0.314. The summed E-state index contributed by atoms with van der Waals surface area (Å²) in [7, 11) is 1.74. The minimum atomic E-state index is -0.324. The lowest BCUT2D eigenvalue weighted by molar-refractivity contribution is -0.119. The molecule has 0 bridgehead atoms. The number of aromatic nitrogens is 4. The molecule has 100 valence electrons. The van der Waals surface area contributed by atoms with Crippen LogP contribution in [0.3, 0.4) is 0 Å². The number of aromatic amines is 1. The number of imidazole rings is 1. The lowest BCUT2D eigenvalue weighted by Crippen LogP contribution is -2.41. The minimum Gasteiger partial charge on any atom is -0.368 e. The Kier molecular flexibility index (Phi) is 2.69. The Morgan fingerprint density at radius 3 is 3.16 bits per heavy atom. The average Bonchev–Trinajstić information content (AvgIpc) is 3.05. The Morgan fingerprint density at radius 2 is 2.42 bits per heavy atom. The molecule has 19 heavy (non-hydrogen) atoms. The lowest BCUT2D eigenvalue weighted by Gasteiger charge is -2.23. The van der Waals surface area contributed by atoms with Gasteiger partial charge in [0.05, 0.1) is 6.33 Å². The van der Waals surface area contributed by atoms with Gasteiger partial charge in [0.15, 0.2) is 11.5 Å². The zero-order valence-corrected chi connectivity index (χ0v) is 10.6. The standard InChI is InChI=1S/C11H15N7O/c1-13-11-16-9-7(14-5-15-9)10(17-11)18-4-2-3-6(18)8(12)19/h5-6H,2-4H2,1H3,(H2,12,19)(H2,13,14,15,16,17). The number of nitrogens with zero attached hydrogens (tertiary/aromatic N) is 4. The quantitative estimate of drug-likeness (QED) is 0.708. The van der Waals surface area contributed by atoms with Crippen molar-refractivity contribution >= 4 is 28.8 Å². The third-order valence-electron chi connectivity index (χ3n) is 3.34. The molecule has 0 aliphatic carbocycles. The summed E-state index contributed by atoms with van der Waals surface area (Å²) in [6, 6.07) is -0.314. The maximum atomic E-state index is 11.5. The summed E-state index contributed by atoms with van der Waals surface area (Å²) in [6.45, 7) is 0.752. The topological polar surface area (TPSA) is 113 Å². The number of H-pyrrole nitrogens is 1. The fourth-order valence-electron chi connectivity index (χ4n) is 2.45. The summed E-state index contributed by atoms with van der Waals surface area (Å²) >= 11 is 0. The molecule has 0 aromatic carbocycles. The molecular formula is C11H15N7O. The van der Waals surface area contributed by atoms with E-state index in [9.17, 15) is 4.79 Å². The molecule has 1 saturated heterocycles. The Bertz CT molecular complexity index is 623. The summed E-state index contributed by atoms with van der Waals surface area (Å²) in [5, 5.41) is 2.90. The molecule has 0 spiro atoms. The van der Waals surface area contributed by atoms with Gasteiger partial charge >= 0.3 is 0 Å². The summed E-state index contributed by atoms with van der Waals surface area (Å²) in [6.07, 6.45) is 3.24. The molecule has 1 aliphatic heterocycles. The summed E-state index contributed by atoms with van der Waals surface area (Å²) in [5.74, 6) is 0.827. The maximum absolute atomic E-state index is 11.5. The Balaban J connectivity index is 2.12. The van der Waals surface area contributed by atoms with Crippen molar-refractivity contribution in [2.24, 2.45) is 5.73 Å². The first-order valence-corrected chi connectivity index (χ1v) is 6.15. The highest BCUT2D eigenvalue weighted by Crippen LogP contribution is 2.29. The summed E-state index contributed by atoms with van der Waals surface area (Å²) in [5.41, 5.74) is 6.75. The van der Waals surface area contributed by atoms with Gasteiger partial charge in [0.25, 0.3) is 0 Å². The third kappa shape index (κ3) is 1.85. The van der Waals surface area contributed by atoms with Gasteiger partial charge < -0.3 is 20.9 Å². The van der Waals surface area contributed by atoms with Crippen LogP contribution in [0.2, 0.25) is 0 Å². The number of rotatable bonds is 3. The van der Waals surface area contributed by atoms with E-state index in [1.54, 1.807) is 13.4 Å². The van der Waals surface area contributed by atoms with Crippen molar-refractivity contribution in [1.29, 1.82) is 0 Å². The molecule has 3 heterocycles. The monoisotopic (exact) mass is 261 g/mol. The van der Waals surface area contributed by atoms with Gasteiger partial charge in [-0.25, -0.2) is 4.98 Å². The van der Waals surface area contributed by atoms with Gasteiger partial charge in [-0.1, -0.05) is 0 Å². The van der Waals surface area contributed by atoms with Crippen LogP contribution >= 0.6 is 0 Å².